The van der Waals surface area contributed by atoms with Gasteiger partial charge in [-0.25, -0.2) is 0 Å². The van der Waals surface area contributed by atoms with Crippen LogP contribution in [0.1, 0.15) is 31.7 Å². The lowest BCUT2D eigenvalue weighted by Crippen LogP contribution is -2.37. The summed E-state index contributed by atoms with van der Waals surface area (Å²) in [5.74, 6) is 1.03. The smallest absolute Gasteiger partial charge is 0.227 e. The molecule has 17 heavy (non-hydrogen) atoms. The lowest BCUT2D eigenvalue weighted by molar-refractivity contribution is -0.131. The molecule has 2 saturated heterocycles. The van der Waals surface area contributed by atoms with Gasteiger partial charge in [0.25, 0.3) is 0 Å². The summed E-state index contributed by atoms with van der Waals surface area (Å²) in [7, 11) is 0. The summed E-state index contributed by atoms with van der Waals surface area (Å²) in [6.07, 6.45) is 4.22. The van der Waals surface area contributed by atoms with Crippen molar-refractivity contribution in [2.45, 2.75) is 44.7 Å². The highest BCUT2D eigenvalue weighted by molar-refractivity contribution is 5.80. The summed E-state index contributed by atoms with van der Waals surface area (Å²) < 4.78 is 0. The van der Waals surface area contributed by atoms with E-state index in [-0.39, 0.29) is 0 Å². The molecule has 0 saturated carbocycles. The van der Waals surface area contributed by atoms with Gasteiger partial charge in [0.15, 0.2) is 0 Å². The number of benzene rings is 1. The van der Waals surface area contributed by atoms with Gasteiger partial charge < -0.3 is 4.90 Å². The predicted molar refractivity (Wildman–Crippen MR) is 67.6 cm³/mol. The number of fused-ring (bicyclic) bond motifs is 2. The second kappa shape index (κ2) is 4.17. The molecule has 0 spiro atoms. The molecule has 2 aliphatic heterocycles. The summed E-state index contributed by atoms with van der Waals surface area (Å²) >= 11 is 0. The minimum absolute atomic E-state index is 0.327. The Kier molecular flexibility index (Phi) is 2.65. The van der Waals surface area contributed by atoms with E-state index in [0.717, 1.165) is 5.56 Å². The highest BCUT2D eigenvalue weighted by atomic mass is 16.2. The Hall–Kier alpha value is -1.31. The quantitative estimate of drug-likeness (QED) is 0.763. The Morgan fingerprint density at radius 2 is 2.06 bits per heavy atom. The van der Waals surface area contributed by atoms with Crippen molar-refractivity contribution >= 4 is 5.91 Å². The van der Waals surface area contributed by atoms with Crippen molar-refractivity contribution in [1.29, 1.82) is 0 Å². The number of carbonyl (C=O) groups excluding carboxylic acids is 1. The molecule has 0 radical (unpaired) electrons. The zero-order chi connectivity index (χ0) is 11.8. The molecular weight excluding hydrogens is 210 g/mol. The molecule has 2 heteroatoms. The largest absolute Gasteiger partial charge is 0.336 e. The second-order valence-electron chi connectivity index (χ2n) is 5.47. The zero-order valence-corrected chi connectivity index (χ0v) is 10.3. The topological polar surface area (TPSA) is 20.3 Å². The summed E-state index contributed by atoms with van der Waals surface area (Å²) in [6.45, 7) is 2.28. The molecule has 3 atom stereocenters. The van der Waals surface area contributed by atoms with Crippen LogP contribution >= 0.6 is 0 Å². The zero-order valence-electron chi connectivity index (χ0n) is 10.3. The van der Waals surface area contributed by atoms with Crippen molar-refractivity contribution < 1.29 is 4.79 Å². The molecule has 2 nitrogen and oxygen atoms in total. The first-order valence-electron chi connectivity index (χ1n) is 6.61. The number of amides is 1. The van der Waals surface area contributed by atoms with Crippen molar-refractivity contribution in [2.24, 2.45) is 5.92 Å². The van der Waals surface area contributed by atoms with E-state index in [4.69, 9.17) is 0 Å². The maximum Gasteiger partial charge on any atom is 0.227 e. The van der Waals surface area contributed by atoms with E-state index in [0.29, 0.717) is 30.3 Å². The van der Waals surface area contributed by atoms with E-state index >= 15 is 0 Å². The summed E-state index contributed by atoms with van der Waals surface area (Å²) in [6, 6.07) is 11.1. The fourth-order valence-electron chi connectivity index (χ4n) is 3.54. The lowest BCUT2D eigenvalue weighted by Gasteiger charge is -2.23. The van der Waals surface area contributed by atoms with Crippen molar-refractivity contribution in [3.63, 3.8) is 0 Å². The number of carbonyl (C=O) groups is 1. The van der Waals surface area contributed by atoms with Gasteiger partial charge in [-0.2, -0.15) is 0 Å². The molecule has 0 aromatic heterocycles. The van der Waals surface area contributed by atoms with Crippen LogP contribution in [-0.4, -0.2) is 22.9 Å². The van der Waals surface area contributed by atoms with Crippen LogP contribution in [0, 0.1) is 5.92 Å². The third kappa shape index (κ3) is 1.86. The fraction of sp³-hybridized carbons (Fsp3) is 0.533. The van der Waals surface area contributed by atoms with Crippen molar-refractivity contribution in [1.82, 2.24) is 4.90 Å². The van der Waals surface area contributed by atoms with Gasteiger partial charge in [-0.3, -0.25) is 4.79 Å². The number of rotatable bonds is 2. The molecule has 1 amide bonds. The van der Waals surface area contributed by atoms with Crippen LogP contribution < -0.4 is 0 Å². The highest BCUT2D eigenvalue weighted by Gasteiger charge is 2.46. The SMILES string of the molecule is CC1CC2CCC1N2C(=O)Cc1ccccc1. The molecule has 1 aromatic carbocycles. The van der Waals surface area contributed by atoms with Gasteiger partial charge in [0, 0.05) is 12.1 Å². The molecule has 2 bridgehead atoms. The average molecular weight is 229 g/mol. The average Bonchev–Trinajstić information content (AvgIpc) is 2.86. The molecule has 3 rings (SSSR count). The molecule has 0 N–H and O–H groups in total. The first-order valence-corrected chi connectivity index (χ1v) is 6.61. The monoisotopic (exact) mass is 229 g/mol. The molecule has 2 aliphatic rings. The number of hydrogen-bond acceptors (Lipinski definition) is 1. The number of nitrogens with zero attached hydrogens (tertiary/aromatic N) is 1. The van der Waals surface area contributed by atoms with Crippen LogP contribution in [0.5, 0.6) is 0 Å². The van der Waals surface area contributed by atoms with Gasteiger partial charge in [-0.1, -0.05) is 37.3 Å². The van der Waals surface area contributed by atoms with Crippen molar-refractivity contribution in [2.75, 3.05) is 0 Å². The molecular formula is C15H19NO. The van der Waals surface area contributed by atoms with E-state index in [2.05, 4.69) is 11.8 Å². The maximum atomic E-state index is 12.3. The Balaban J connectivity index is 1.72. The van der Waals surface area contributed by atoms with E-state index in [1.54, 1.807) is 0 Å². The fourth-order valence-corrected chi connectivity index (χ4v) is 3.54. The highest BCUT2D eigenvalue weighted by Crippen LogP contribution is 2.41. The third-order valence-electron chi connectivity index (χ3n) is 4.33. The molecule has 2 heterocycles. The lowest BCUT2D eigenvalue weighted by atomic mass is 9.91. The van der Waals surface area contributed by atoms with Gasteiger partial charge in [0.05, 0.1) is 6.42 Å². The van der Waals surface area contributed by atoms with Crippen LogP contribution in [0.25, 0.3) is 0 Å². The van der Waals surface area contributed by atoms with Gasteiger partial charge in [-0.15, -0.1) is 0 Å². The van der Waals surface area contributed by atoms with Gasteiger partial charge in [0.2, 0.25) is 5.91 Å². The van der Waals surface area contributed by atoms with Crippen LogP contribution in [0.15, 0.2) is 30.3 Å². The van der Waals surface area contributed by atoms with Gasteiger partial charge in [0.1, 0.15) is 0 Å². The number of hydrogen-bond donors (Lipinski definition) is 0. The predicted octanol–water partition coefficient (Wildman–Crippen LogP) is 2.63. The van der Waals surface area contributed by atoms with Crippen LogP contribution in [-0.2, 0) is 11.2 Å². The van der Waals surface area contributed by atoms with Crippen LogP contribution in [0.4, 0.5) is 0 Å². The Labute approximate surface area is 103 Å². The molecule has 0 aliphatic carbocycles. The maximum absolute atomic E-state index is 12.3. The summed E-state index contributed by atoms with van der Waals surface area (Å²) in [5, 5.41) is 0. The standard InChI is InChI=1S/C15H19NO/c1-11-9-13-7-8-14(11)16(13)15(17)10-12-5-3-2-4-6-12/h2-6,11,13-14H,7-10H2,1H3. The Bertz CT molecular complexity index is 414. The van der Waals surface area contributed by atoms with Crippen LogP contribution in [0.3, 0.4) is 0 Å². The van der Waals surface area contributed by atoms with Gasteiger partial charge >= 0.3 is 0 Å². The minimum Gasteiger partial charge on any atom is -0.336 e. The van der Waals surface area contributed by atoms with Crippen LogP contribution in [0.2, 0.25) is 0 Å². The molecule has 1 aromatic rings. The first kappa shape index (κ1) is 10.8. The summed E-state index contributed by atoms with van der Waals surface area (Å²) in [5.41, 5.74) is 1.14. The van der Waals surface area contributed by atoms with Crippen molar-refractivity contribution in [3.05, 3.63) is 35.9 Å². The molecule has 90 valence electrons. The summed E-state index contributed by atoms with van der Waals surface area (Å²) in [4.78, 5) is 14.5. The van der Waals surface area contributed by atoms with E-state index in [1.807, 2.05) is 30.3 Å². The van der Waals surface area contributed by atoms with E-state index < -0.39 is 0 Å². The second-order valence-corrected chi connectivity index (χ2v) is 5.47. The van der Waals surface area contributed by atoms with Crippen molar-refractivity contribution in [3.8, 4) is 0 Å². The minimum atomic E-state index is 0.327. The Morgan fingerprint density at radius 1 is 1.29 bits per heavy atom. The molecule has 2 fully saturated rings. The third-order valence-corrected chi connectivity index (χ3v) is 4.33. The first-order chi connectivity index (χ1) is 8.25. The normalized spacial score (nSPS) is 30.9. The Morgan fingerprint density at radius 3 is 2.65 bits per heavy atom. The van der Waals surface area contributed by atoms with Gasteiger partial charge in [-0.05, 0) is 30.7 Å². The van der Waals surface area contributed by atoms with E-state index in [9.17, 15) is 4.79 Å². The van der Waals surface area contributed by atoms with E-state index in [1.165, 1.54) is 19.3 Å². The molecule has 3 unspecified atom stereocenters.